The minimum absolute atomic E-state index is 0.0120. The minimum atomic E-state index is -0.514. The van der Waals surface area contributed by atoms with Gasteiger partial charge in [0.2, 0.25) is 29.8 Å². The molecule has 29 heteroatoms. The first-order valence-electron chi connectivity index (χ1n) is 18.0. The lowest BCUT2D eigenvalue weighted by Gasteiger charge is -1.96. The second-order valence-electron chi connectivity index (χ2n) is 11.8. The van der Waals surface area contributed by atoms with Crippen molar-refractivity contribution in [3.05, 3.63) is 167 Å². The van der Waals surface area contributed by atoms with E-state index in [1.807, 2.05) is 12.1 Å². The summed E-state index contributed by atoms with van der Waals surface area (Å²) in [5.41, 5.74) is 53.7. The second-order valence-corrected chi connectivity index (χ2v) is 14.2. The highest BCUT2D eigenvalue weighted by atomic mass is 35.5. The average molecular weight is 1050 g/mol. The molecular weight excluding hydrogens is 1010 g/mol. The molecule has 0 unspecified atom stereocenters. The molecule has 0 saturated heterocycles. The molecule has 0 saturated carbocycles. The number of nitrogens with zero attached hydrogens (tertiary/aromatic N) is 11. The molecule has 5 aromatic rings. The van der Waals surface area contributed by atoms with Crippen molar-refractivity contribution in [2.75, 3.05) is 0 Å². The maximum absolute atomic E-state index is 12.9. The summed E-state index contributed by atoms with van der Waals surface area (Å²) in [6.45, 7) is 0. The lowest BCUT2D eigenvalue weighted by atomic mass is 10.2. The van der Waals surface area contributed by atoms with Gasteiger partial charge in [0.25, 0.3) is 0 Å². The third kappa shape index (κ3) is 28.3. The number of hydrogen-bond donors (Lipinski definition) is 10. The van der Waals surface area contributed by atoms with Gasteiger partial charge in [-0.05, 0) is 71.8 Å². The van der Waals surface area contributed by atoms with Crippen LogP contribution in [0.2, 0.25) is 30.4 Å². The van der Waals surface area contributed by atoms with Crippen molar-refractivity contribution >= 4 is 130 Å². The molecule has 0 aliphatic carbocycles. The molecule has 21 nitrogen and oxygen atoms in total. The van der Waals surface area contributed by atoms with E-state index in [2.05, 4.69) is 56.0 Å². The molecule has 0 amide bonds. The molecule has 0 aliphatic rings. The quantitative estimate of drug-likeness (QED) is 0.0381. The van der Waals surface area contributed by atoms with Crippen molar-refractivity contribution in [1.82, 2.24) is 4.98 Å². The van der Waals surface area contributed by atoms with Gasteiger partial charge in [-0.2, -0.15) is 25.5 Å². The maximum Gasteiger partial charge on any atom is 0.211 e. The number of aromatic nitrogens is 1. The normalized spacial score (nSPS) is 10.4. The molecule has 1 aromatic heterocycles. The van der Waals surface area contributed by atoms with Gasteiger partial charge in [-0.3, -0.25) is 0 Å². The van der Waals surface area contributed by atoms with Crippen LogP contribution in [-0.4, -0.2) is 65.9 Å². The molecule has 5 rings (SSSR count). The lowest BCUT2D eigenvalue weighted by molar-refractivity contribution is 0.627. The van der Waals surface area contributed by atoms with Gasteiger partial charge in [-0.1, -0.05) is 106 Å². The Kier molecular flexibility index (Phi) is 28.2. The first-order valence-corrected chi connectivity index (χ1v) is 20.3. The van der Waals surface area contributed by atoms with E-state index in [0.29, 0.717) is 42.5 Å². The van der Waals surface area contributed by atoms with Crippen LogP contribution in [0.4, 0.5) is 8.78 Å². The van der Waals surface area contributed by atoms with E-state index >= 15 is 0 Å². The number of guanidine groups is 5. The molecular formula is C39H41Cl6F2N21. The van der Waals surface area contributed by atoms with Crippen LogP contribution in [0.25, 0.3) is 0 Å². The van der Waals surface area contributed by atoms with E-state index in [1.54, 1.807) is 60.7 Å². The van der Waals surface area contributed by atoms with Crippen molar-refractivity contribution in [1.29, 1.82) is 0 Å². The summed E-state index contributed by atoms with van der Waals surface area (Å²) in [4.78, 5) is 3.80. The van der Waals surface area contributed by atoms with Crippen molar-refractivity contribution in [3.8, 4) is 0 Å². The zero-order chi connectivity index (χ0) is 51.0. The smallest absolute Gasteiger partial charge is 0.211 e. The fourth-order valence-electron chi connectivity index (χ4n) is 3.72. The van der Waals surface area contributed by atoms with Crippen LogP contribution >= 0.6 is 69.6 Å². The number of rotatable bonds is 10. The third-order valence-electron chi connectivity index (χ3n) is 6.35. The fourth-order valence-corrected chi connectivity index (χ4v) is 4.84. The molecule has 68 heavy (non-hydrogen) atoms. The molecule has 0 radical (unpaired) electrons. The van der Waals surface area contributed by atoms with Crippen molar-refractivity contribution in [3.63, 3.8) is 0 Å². The zero-order valence-corrected chi connectivity index (χ0v) is 39.4. The average Bonchev–Trinajstić information content (AvgIpc) is 3.25. The summed E-state index contributed by atoms with van der Waals surface area (Å²) in [6.07, 6.45) is 6.96. The Bertz CT molecular complexity index is 2590. The van der Waals surface area contributed by atoms with Crippen LogP contribution < -0.4 is 57.3 Å². The standard InChI is InChI=1S/C8H8Cl2N4.C8H8ClFN4.C8H9ClN4.C8H9FN4.C7H7Cl2N5/c9-6-1-2-7(10)5(3-6)4-13-14-8(11)12;9-7-5(2-1-3-6(7)10)4-13-14-8(11)12;2*9-7-3-1-2-6(4-7)5-12-13-8(10)11;8-5-2-1-4(6(9)13-5)3-12-14-7(10)11/h2*1-4H,(H4,11,12,14);2*1-5H,(H4,10,11,13);1-3H,(H4,10,11,14)/b2*13-4+;2*12-5+;12-3+. The van der Waals surface area contributed by atoms with Crippen LogP contribution in [0.5, 0.6) is 0 Å². The second kappa shape index (κ2) is 32.9. The number of hydrogen-bond acceptors (Lipinski definition) is 11. The van der Waals surface area contributed by atoms with Gasteiger partial charge >= 0.3 is 0 Å². The number of halogens is 8. The van der Waals surface area contributed by atoms with Gasteiger partial charge < -0.3 is 57.3 Å². The minimum Gasteiger partial charge on any atom is -0.369 e. The monoisotopic (exact) mass is 1050 g/mol. The number of pyridine rings is 1. The summed E-state index contributed by atoms with van der Waals surface area (Å²) in [5.74, 6) is -1.45. The Morgan fingerprint density at radius 2 is 0.868 bits per heavy atom. The predicted molar refractivity (Wildman–Crippen MR) is 277 cm³/mol. The zero-order valence-electron chi connectivity index (χ0n) is 34.8. The Labute approximate surface area is 417 Å². The number of nitrogens with two attached hydrogens (primary N) is 10. The van der Waals surface area contributed by atoms with Crippen molar-refractivity contribution in [2.24, 2.45) is 108 Å². The Morgan fingerprint density at radius 1 is 0.426 bits per heavy atom. The summed E-state index contributed by atoms with van der Waals surface area (Å²) >= 11 is 34.3. The first-order chi connectivity index (χ1) is 32.2. The van der Waals surface area contributed by atoms with E-state index in [1.165, 1.54) is 55.3 Å². The molecule has 0 bridgehead atoms. The number of benzene rings is 4. The van der Waals surface area contributed by atoms with Crippen LogP contribution in [0.1, 0.15) is 27.8 Å². The van der Waals surface area contributed by atoms with Crippen LogP contribution in [0, 0.1) is 11.6 Å². The van der Waals surface area contributed by atoms with Gasteiger partial charge in [0, 0.05) is 31.8 Å². The van der Waals surface area contributed by atoms with Gasteiger partial charge in [0.15, 0.2) is 0 Å². The van der Waals surface area contributed by atoms with E-state index in [0.717, 1.165) is 5.56 Å². The fraction of sp³-hybridized carbons (Fsp3) is 0. The highest BCUT2D eigenvalue weighted by Crippen LogP contribution is 2.19. The van der Waals surface area contributed by atoms with Crippen molar-refractivity contribution < 1.29 is 8.78 Å². The molecule has 0 fully saturated rings. The van der Waals surface area contributed by atoms with E-state index in [9.17, 15) is 8.78 Å². The topological polar surface area (TPSA) is 397 Å². The van der Waals surface area contributed by atoms with Gasteiger partial charge in [-0.15, -0.1) is 25.5 Å². The molecule has 358 valence electrons. The van der Waals surface area contributed by atoms with Crippen LogP contribution in [0.3, 0.4) is 0 Å². The van der Waals surface area contributed by atoms with Crippen LogP contribution in [0.15, 0.2) is 148 Å². The van der Waals surface area contributed by atoms with E-state index < -0.39 is 5.82 Å². The van der Waals surface area contributed by atoms with Crippen LogP contribution in [-0.2, 0) is 0 Å². The summed E-state index contributed by atoms with van der Waals surface area (Å²) < 4.78 is 25.5. The Balaban J connectivity index is 0.000000425. The molecule has 0 atom stereocenters. The highest BCUT2D eigenvalue weighted by Gasteiger charge is 2.03. The van der Waals surface area contributed by atoms with Gasteiger partial charge in [0.05, 0.1) is 36.1 Å². The summed E-state index contributed by atoms with van der Waals surface area (Å²) in [7, 11) is 0. The molecule has 1 heterocycles. The summed E-state index contributed by atoms with van der Waals surface area (Å²) in [6, 6.07) is 25.7. The largest absolute Gasteiger partial charge is 0.369 e. The van der Waals surface area contributed by atoms with Gasteiger partial charge in [-0.25, -0.2) is 13.8 Å². The molecule has 20 N–H and O–H groups in total. The summed E-state index contributed by atoms with van der Waals surface area (Å²) in [5, 5.41) is 37.2. The maximum atomic E-state index is 12.9. The highest BCUT2D eigenvalue weighted by molar-refractivity contribution is 6.35. The SMILES string of the molecule is NC(N)=N/N=C/c1cc(Cl)ccc1Cl.NC(N)=N/N=C/c1ccc(Cl)nc1Cl.NC(N)=N/N=C/c1cccc(Cl)c1.NC(N)=N/N=C/c1cccc(F)c1.NC(N)=N/N=C/c1cccc(F)c1Cl. The predicted octanol–water partition coefficient (Wildman–Crippen LogP) is 5.06. The Hall–Kier alpha value is -7.67. The Morgan fingerprint density at radius 3 is 1.35 bits per heavy atom. The first kappa shape index (κ1) is 58.3. The molecule has 0 spiro atoms. The van der Waals surface area contributed by atoms with E-state index in [-0.39, 0.29) is 45.8 Å². The van der Waals surface area contributed by atoms with Gasteiger partial charge in [0.1, 0.15) is 21.9 Å². The van der Waals surface area contributed by atoms with E-state index in [4.69, 9.17) is 127 Å². The van der Waals surface area contributed by atoms with Crippen molar-refractivity contribution in [2.45, 2.75) is 0 Å². The molecule has 4 aromatic carbocycles. The third-order valence-corrected chi connectivity index (χ3v) is 8.08. The molecule has 0 aliphatic heterocycles. The lowest BCUT2D eigenvalue weighted by Crippen LogP contribution is -2.21.